The number of hydrogen-bond acceptors (Lipinski definition) is 5. The van der Waals surface area contributed by atoms with Crippen LogP contribution in [0.25, 0.3) is 0 Å². The van der Waals surface area contributed by atoms with Crippen molar-refractivity contribution in [3.05, 3.63) is 83.4 Å². The molecule has 0 aliphatic heterocycles. The first kappa shape index (κ1) is 25.2. The minimum absolute atomic E-state index is 0.100. The van der Waals surface area contributed by atoms with Crippen LogP contribution in [-0.2, 0) is 26.0 Å². The van der Waals surface area contributed by atoms with Gasteiger partial charge < -0.3 is 15.4 Å². The van der Waals surface area contributed by atoms with Gasteiger partial charge in [0.2, 0.25) is 21.8 Å². The van der Waals surface area contributed by atoms with Gasteiger partial charge in [-0.15, -0.1) is 0 Å². The van der Waals surface area contributed by atoms with Crippen molar-refractivity contribution >= 4 is 44.8 Å². The van der Waals surface area contributed by atoms with Gasteiger partial charge in [-0.2, -0.15) is 4.72 Å². The van der Waals surface area contributed by atoms with E-state index in [0.29, 0.717) is 17.1 Å². The van der Waals surface area contributed by atoms with E-state index in [1.54, 1.807) is 48.5 Å². The van der Waals surface area contributed by atoms with Crippen molar-refractivity contribution in [3.8, 4) is 5.75 Å². The standard InChI is InChI=1S/C24H24ClN3O5S/c1-16(29)26-18-9-6-10-19(14-18)27-24(30)22(13-17-7-4-3-5-8-17)28-34(31,32)20-11-12-23(33-2)21(25)15-20/h3-12,14-15,22,28H,13H2,1-2H3,(H,26,29)(H,27,30). The molecule has 1 unspecified atom stereocenters. The normalized spacial score (nSPS) is 12.0. The molecule has 0 bridgehead atoms. The number of anilines is 2. The van der Waals surface area contributed by atoms with Gasteiger partial charge in [0.05, 0.1) is 17.0 Å². The maximum Gasteiger partial charge on any atom is 0.242 e. The number of amides is 2. The van der Waals surface area contributed by atoms with Crippen molar-refractivity contribution in [1.29, 1.82) is 0 Å². The van der Waals surface area contributed by atoms with Gasteiger partial charge in [0.25, 0.3) is 0 Å². The number of halogens is 1. The Hall–Kier alpha value is -3.40. The van der Waals surface area contributed by atoms with Crippen molar-refractivity contribution in [2.75, 3.05) is 17.7 Å². The highest BCUT2D eigenvalue weighted by molar-refractivity contribution is 7.89. The molecular weight excluding hydrogens is 478 g/mol. The van der Waals surface area contributed by atoms with Gasteiger partial charge in [-0.3, -0.25) is 9.59 Å². The van der Waals surface area contributed by atoms with E-state index in [1.165, 1.54) is 32.2 Å². The van der Waals surface area contributed by atoms with E-state index < -0.39 is 22.0 Å². The zero-order valence-corrected chi connectivity index (χ0v) is 20.1. The van der Waals surface area contributed by atoms with Gasteiger partial charge >= 0.3 is 0 Å². The maximum absolute atomic E-state index is 13.2. The number of nitrogens with one attached hydrogen (secondary N) is 3. The average molecular weight is 502 g/mol. The largest absolute Gasteiger partial charge is 0.495 e. The van der Waals surface area contributed by atoms with Crippen LogP contribution >= 0.6 is 11.6 Å². The van der Waals surface area contributed by atoms with Crippen LogP contribution in [-0.4, -0.2) is 33.4 Å². The van der Waals surface area contributed by atoms with Crippen LogP contribution < -0.4 is 20.1 Å². The highest BCUT2D eigenvalue weighted by Crippen LogP contribution is 2.27. The van der Waals surface area contributed by atoms with Gasteiger partial charge in [0, 0.05) is 18.3 Å². The molecular formula is C24H24ClN3O5S. The number of carbonyl (C=O) groups is 2. The van der Waals surface area contributed by atoms with E-state index >= 15 is 0 Å². The van der Waals surface area contributed by atoms with Gasteiger partial charge in [0.1, 0.15) is 11.8 Å². The Morgan fingerprint density at radius 2 is 1.62 bits per heavy atom. The second-order valence-electron chi connectivity index (χ2n) is 7.41. The molecule has 0 saturated heterocycles. The summed E-state index contributed by atoms with van der Waals surface area (Å²) in [6.07, 6.45) is 0.112. The Kier molecular flexibility index (Phi) is 8.27. The van der Waals surface area contributed by atoms with Crippen LogP contribution in [0.15, 0.2) is 77.7 Å². The Labute approximate surface area is 203 Å². The first-order chi connectivity index (χ1) is 16.2. The summed E-state index contributed by atoms with van der Waals surface area (Å²) in [6, 6.07) is 18.5. The summed E-state index contributed by atoms with van der Waals surface area (Å²) in [7, 11) is -2.67. The third-order valence-corrected chi connectivity index (χ3v) is 6.55. The van der Waals surface area contributed by atoms with Crippen LogP contribution in [0.5, 0.6) is 5.75 Å². The fourth-order valence-corrected chi connectivity index (χ4v) is 4.76. The number of benzene rings is 3. The van der Waals surface area contributed by atoms with Crippen molar-refractivity contribution in [3.63, 3.8) is 0 Å². The highest BCUT2D eigenvalue weighted by atomic mass is 35.5. The van der Waals surface area contributed by atoms with Crippen LogP contribution in [0.4, 0.5) is 11.4 Å². The average Bonchev–Trinajstić information content (AvgIpc) is 2.79. The van der Waals surface area contributed by atoms with Crippen molar-refractivity contribution < 1.29 is 22.7 Å². The molecule has 0 aliphatic rings. The summed E-state index contributed by atoms with van der Waals surface area (Å²) in [6.45, 7) is 1.38. The van der Waals surface area contributed by atoms with Crippen molar-refractivity contribution in [1.82, 2.24) is 4.72 Å². The van der Waals surface area contributed by atoms with Crippen LogP contribution in [0, 0.1) is 0 Å². The van der Waals surface area contributed by atoms with Crippen LogP contribution in [0.2, 0.25) is 5.02 Å². The number of ether oxygens (including phenoxy) is 1. The molecule has 3 aromatic carbocycles. The minimum atomic E-state index is -4.10. The summed E-state index contributed by atoms with van der Waals surface area (Å²) in [5.74, 6) is -0.485. The topological polar surface area (TPSA) is 114 Å². The van der Waals surface area contributed by atoms with Gasteiger partial charge in [-0.25, -0.2) is 8.42 Å². The lowest BCUT2D eigenvalue weighted by Gasteiger charge is -2.19. The smallest absolute Gasteiger partial charge is 0.242 e. The number of hydrogen-bond donors (Lipinski definition) is 3. The van der Waals surface area contributed by atoms with E-state index in [4.69, 9.17) is 16.3 Å². The molecule has 1 atom stereocenters. The molecule has 3 rings (SSSR count). The molecule has 0 heterocycles. The lowest BCUT2D eigenvalue weighted by molar-refractivity contribution is -0.117. The van der Waals surface area contributed by atoms with E-state index in [0.717, 1.165) is 5.56 Å². The van der Waals surface area contributed by atoms with Crippen LogP contribution in [0.1, 0.15) is 12.5 Å². The predicted molar refractivity (Wildman–Crippen MR) is 132 cm³/mol. The fourth-order valence-electron chi connectivity index (χ4n) is 3.21. The number of sulfonamides is 1. The number of methoxy groups -OCH3 is 1. The second kappa shape index (κ2) is 11.1. The Balaban J connectivity index is 1.87. The molecule has 10 heteroatoms. The van der Waals surface area contributed by atoms with E-state index in [-0.39, 0.29) is 22.2 Å². The molecule has 0 aromatic heterocycles. The SMILES string of the molecule is COc1ccc(S(=O)(=O)NC(Cc2ccccc2)C(=O)Nc2cccc(NC(C)=O)c2)cc1Cl. The molecule has 0 radical (unpaired) electrons. The third-order valence-electron chi connectivity index (χ3n) is 4.78. The molecule has 3 aromatic rings. The third kappa shape index (κ3) is 6.80. The monoisotopic (exact) mass is 501 g/mol. The number of carbonyl (C=O) groups excluding carboxylic acids is 2. The van der Waals surface area contributed by atoms with Gasteiger partial charge in [-0.1, -0.05) is 48.0 Å². The molecule has 0 spiro atoms. The maximum atomic E-state index is 13.2. The molecule has 0 fully saturated rings. The Morgan fingerprint density at radius 1 is 0.941 bits per heavy atom. The lowest BCUT2D eigenvalue weighted by atomic mass is 10.1. The summed E-state index contributed by atoms with van der Waals surface area (Å²) in [5.41, 5.74) is 1.67. The quantitative estimate of drug-likeness (QED) is 0.412. The Morgan fingerprint density at radius 3 is 2.24 bits per heavy atom. The predicted octanol–water partition coefficient (Wildman–Crippen LogP) is 3.84. The van der Waals surface area contributed by atoms with E-state index in [1.807, 2.05) is 6.07 Å². The number of rotatable bonds is 9. The molecule has 0 aliphatic carbocycles. The summed E-state index contributed by atoms with van der Waals surface area (Å²) in [4.78, 5) is 24.4. The zero-order valence-electron chi connectivity index (χ0n) is 18.5. The van der Waals surface area contributed by atoms with Gasteiger partial charge in [0.15, 0.2) is 0 Å². The van der Waals surface area contributed by atoms with Crippen LogP contribution in [0.3, 0.4) is 0 Å². The highest BCUT2D eigenvalue weighted by Gasteiger charge is 2.27. The first-order valence-corrected chi connectivity index (χ1v) is 12.1. The molecule has 3 N–H and O–H groups in total. The summed E-state index contributed by atoms with van der Waals surface area (Å²) >= 11 is 6.10. The van der Waals surface area contributed by atoms with Crippen molar-refractivity contribution in [2.45, 2.75) is 24.3 Å². The molecule has 2 amide bonds. The second-order valence-corrected chi connectivity index (χ2v) is 9.53. The molecule has 0 saturated carbocycles. The summed E-state index contributed by atoms with van der Waals surface area (Å²) < 4.78 is 33.7. The van der Waals surface area contributed by atoms with Crippen molar-refractivity contribution in [2.24, 2.45) is 0 Å². The van der Waals surface area contributed by atoms with Gasteiger partial charge in [-0.05, 0) is 48.4 Å². The fraction of sp³-hybridized carbons (Fsp3) is 0.167. The zero-order chi connectivity index (χ0) is 24.7. The lowest BCUT2D eigenvalue weighted by Crippen LogP contribution is -2.45. The first-order valence-electron chi connectivity index (χ1n) is 10.3. The molecule has 178 valence electrons. The summed E-state index contributed by atoms with van der Waals surface area (Å²) in [5, 5.41) is 5.48. The van der Waals surface area contributed by atoms with E-state index in [9.17, 15) is 18.0 Å². The molecule has 8 nitrogen and oxygen atoms in total. The minimum Gasteiger partial charge on any atom is -0.495 e. The Bertz CT molecular complexity index is 1280. The molecule has 34 heavy (non-hydrogen) atoms. The van der Waals surface area contributed by atoms with E-state index in [2.05, 4.69) is 15.4 Å².